The topological polar surface area (TPSA) is 88.3 Å². The average molecular weight is 245 g/mol. The molecule has 0 saturated carbocycles. The summed E-state index contributed by atoms with van der Waals surface area (Å²) >= 11 is 0. The molecule has 2 N–H and O–H groups in total. The van der Waals surface area contributed by atoms with Gasteiger partial charge in [0.05, 0.1) is 11.5 Å². The Morgan fingerprint density at radius 2 is 2.17 bits per heavy atom. The van der Waals surface area contributed by atoms with Crippen molar-refractivity contribution in [1.29, 1.82) is 0 Å². The Morgan fingerprint density at radius 1 is 1.33 bits per heavy atom. The lowest BCUT2D eigenvalue weighted by Crippen LogP contribution is -1.99. The van der Waals surface area contributed by atoms with E-state index in [-0.39, 0.29) is 12.3 Å². The van der Waals surface area contributed by atoms with Gasteiger partial charge in [-0.3, -0.25) is 10.1 Å². The lowest BCUT2D eigenvalue weighted by molar-refractivity contribution is -0.384. The molecule has 18 heavy (non-hydrogen) atoms. The van der Waals surface area contributed by atoms with E-state index >= 15 is 0 Å². The van der Waals surface area contributed by atoms with Crippen LogP contribution in [0.3, 0.4) is 0 Å². The molecule has 0 aliphatic heterocycles. The third kappa shape index (κ3) is 2.61. The largest absolute Gasteiger partial charge is 0.392 e. The summed E-state index contributed by atoms with van der Waals surface area (Å²) in [6.45, 7) is -0.148. The third-order valence-corrected chi connectivity index (χ3v) is 2.38. The zero-order valence-corrected chi connectivity index (χ0v) is 9.41. The predicted molar refractivity (Wildman–Crippen MR) is 66.5 cm³/mol. The summed E-state index contributed by atoms with van der Waals surface area (Å²) in [5.41, 5.74) is 1.18. The van der Waals surface area contributed by atoms with Gasteiger partial charge in [-0.25, -0.2) is 4.98 Å². The molecule has 0 bridgehead atoms. The number of aliphatic hydroxyl groups is 1. The second-order valence-corrected chi connectivity index (χ2v) is 3.60. The predicted octanol–water partition coefficient (Wildman–Crippen LogP) is 2.23. The summed E-state index contributed by atoms with van der Waals surface area (Å²) < 4.78 is 0. The zero-order valence-electron chi connectivity index (χ0n) is 9.41. The van der Waals surface area contributed by atoms with Crippen molar-refractivity contribution in [3.05, 3.63) is 58.3 Å². The molecule has 0 fully saturated rings. The molecule has 0 radical (unpaired) electrons. The second kappa shape index (κ2) is 5.24. The van der Waals surface area contributed by atoms with Crippen molar-refractivity contribution in [2.24, 2.45) is 0 Å². The molecule has 1 aromatic carbocycles. The quantitative estimate of drug-likeness (QED) is 0.637. The monoisotopic (exact) mass is 245 g/mol. The van der Waals surface area contributed by atoms with Crippen LogP contribution in [-0.4, -0.2) is 15.0 Å². The van der Waals surface area contributed by atoms with E-state index in [2.05, 4.69) is 10.3 Å². The number of nitrogens with zero attached hydrogens (tertiary/aromatic N) is 2. The fraction of sp³-hybridized carbons (Fsp3) is 0.0833. The third-order valence-electron chi connectivity index (χ3n) is 2.38. The molecule has 0 spiro atoms. The van der Waals surface area contributed by atoms with Gasteiger partial charge in [0.2, 0.25) is 0 Å². The average Bonchev–Trinajstić information content (AvgIpc) is 2.39. The van der Waals surface area contributed by atoms with Crippen molar-refractivity contribution in [2.45, 2.75) is 6.61 Å². The fourth-order valence-electron chi connectivity index (χ4n) is 1.51. The maximum Gasteiger partial charge on any atom is 0.271 e. The maximum absolute atomic E-state index is 10.7. The smallest absolute Gasteiger partial charge is 0.271 e. The molecule has 2 aromatic rings. The molecule has 0 atom stereocenters. The highest BCUT2D eigenvalue weighted by Crippen LogP contribution is 2.22. The Balaban J connectivity index is 2.28. The van der Waals surface area contributed by atoms with E-state index in [1.807, 2.05) is 0 Å². The van der Waals surface area contributed by atoms with Gasteiger partial charge in [0.1, 0.15) is 5.82 Å². The minimum Gasteiger partial charge on any atom is -0.392 e. The first-order valence-corrected chi connectivity index (χ1v) is 5.27. The first-order chi connectivity index (χ1) is 8.70. The van der Waals surface area contributed by atoms with E-state index in [4.69, 9.17) is 5.11 Å². The molecule has 2 rings (SSSR count). The van der Waals surface area contributed by atoms with E-state index in [1.54, 1.807) is 30.5 Å². The zero-order chi connectivity index (χ0) is 13.0. The van der Waals surface area contributed by atoms with Gasteiger partial charge in [-0.15, -0.1) is 0 Å². The SMILES string of the molecule is O=[N+]([O-])c1cccc(Nc2ncccc2CO)c1. The van der Waals surface area contributed by atoms with Crippen LogP contribution in [0.5, 0.6) is 0 Å². The molecule has 0 aliphatic rings. The van der Waals surface area contributed by atoms with E-state index in [0.717, 1.165) is 0 Å². The normalized spacial score (nSPS) is 10.1. The summed E-state index contributed by atoms with van der Waals surface area (Å²) in [5, 5.41) is 22.7. The van der Waals surface area contributed by atoms with Crippen molar-refractivity contribution in [3.63, 3.8) is 0 Å². The van der Waals surface area contributed by atoms with Crippen LogP contribution in [0.25, 0.3) is 0 Å². The molecule has 6 nitrogen and oxygen atoms in total. The molecule has 6 heteroatoms. The van der Waals surface area contributed by atoms with Crippen molar-refractivity contribution in [1.82, 2.24) is 4.98 Å². The highest BCUT2D eigenvalue weighted by Gasteiger charge is 2.07. The number of rotatable bonds is 4. The number of aromatic nitrogens is 1. The molecule has 0 unspecified atom stereocenters. The molecule has 1 aromatic heterocycles. The first-order valence-electron chi connectivity index (χ1n) is 5.27. The summed E-state index contributed by atoms with van der Waals surface area (Å²) in [5.74, 6) is 0.487. The molecule has 0 amide bonds. The van der Waals surface area contributed by atoms with Crippen molar-refractivity contribution < 1.29 is 10.0 Å². The number of nitrogens with one attached hydrogen (secondary N) is 1. The highest BCUT2D eigenvalue weighted by molar-refractivity contribution is 5.61. The van der Waals surface area contributed by atoms with Crippen molar-refractivity contribution >= 4 is 17.2 Å². The van der Waals surface area contributed by atoms with E-state index < -0.39 is 4.92 Å². The lowest BCUT2D eigenvalue weighted by atomic mass is 10.2. The first kappa shape index (κ1) is 12.0. The van der Waals surface area contributed by atoms with Gasteiger partial charge in [-0.05, 0) is 12.1 Å². The molecule has 0 saturated heterocycles. The summed E-state index contributed by atoms with van der Waals surface area (Å²) in [4.78, 5) is 14.3. The van der Waals surface area contributed by atoms with Crippen LogP contribution in [-0.2, 0) is 6.61 Å². The maximum atomic E-state index is 10.7. The van der Waals surface area contributed by atoms with Crippen LogP contribution >= 0.6 is 0 Å². The van der Waals surface area contributed by atoms with E-state index in [9.17, 15) is 10.1 Å². The van der Waals surface area contributed by atoms with Gasteiger partial charge in [0.15, 0.2) is 0 Å². The summed E-state index contributed by atoms with van der Waals surface area (Å²) in [7, 11) is 0. The van der Waals surface area contributed by atoms with Gasteiger partial charge in [-0.1, -0.05) is 12.1 Å². The van der Waals surface area contributed by atoms with Crippen LogP contribution in [0.15, 0.2) is 42.6 Å². The number of hydrogen-bond acceptors (Lipinski definition) is 5. The van der Waals surface area contributed by atoms with Crippen molar-refractivity contribution in [3.8, 4) is 0 Å². The lowest BCUT2D eigenvalue weighted by Gasteiger charge is -2.08. The van der Waals surface area contributed by atoms with E-state index in [0.29, 0.717) is 17.1 Å². The number of hydrogen-bond donors (Lipinski definition) is 2. The number of nitro groups is 1. The van der Waals surface area contributed by atoms with Gasteiger partial charge < -0.3 is 10.4 Å². The minimum absolute atomic E-state index is 0.00137. The molecular weight excluding hydrogens is 234 g/mol. The van der Waals surface area contributed by atoms with Crippen LogP contribution in [0.4, 0.5) is 17.2 Å². The second-order valence-electron chi connectivity index (χ2n) is 3.60. The van der Waals surface area contributed by atoms with Crippen LogP contribution in [0.2, 0.25) is 0 Å². The Kier molecular flexibility index (Phi) is 3.49. The number of non-ortho nitro benzene ring substituents is 1. The number of nitro benzene ring substituents is 1. The molecule has 92 valence electrons. The van der Waals surface area contributed by atoms with E-state index in [1.165, 1.54) is 12.1 Å². The Bertz CT molecular complexity index is 572. The Labute approximate surface area is 103 Å². The van der Waals surface area contributed by atoms with Crippen LogP contribution in [0.1, 0.15) is 5.56 Å². The number of aliphatic hydroxyl groups excluding tert-OH is 1. The van der Waals surface area contributed by atoms with Crippen LogP contribution < -0.4 is 5.32 Å². The highest BCUT2D eigenvalue weighted by atomic mass is 16.6. The van der Waals surface area contributed by atoms with Gasteiger partial charge in [-0.2, -0.15) is 0 Å². The molecule has 1 heterocycles. The van der Waals surface area contributed by atoms with Crippen LogP contribution in [0, 0.1) is 10.1 Å². The standard InChI is InChI=1S/C12H11N3O3/c16-8-9-3-2-6-13-12(9)14-10-4-1-5-11(7-10)15(17)18/h1-7,16H,8H2,(H,13,14). The minimum atomic E-state index is -0.462. The molecule has 0 aliphatic carbocycles. The number of benzene rings is 1. The Hall–Kier alpha value is -2.47. The Morgan fingerprint density at radius 3 is 2.89 bits per heavy atom. The van der Waals surface area contributed by atoms with Gasteiger partial charge in [0, 0.05) is 29.6 Å². The fourth-order valence-corrected chi connectivity index (χ4v) is 1.51. The van der Waals surface area contributed by atoms with Gasteiger partial charge in [0.25, 0.3) is 5.69 Å². The number of anilines is 2. The summed E-state index contributed by atoms with van der Waals surface area (Å²) in [6.07, 6.45) is 1.58. The molecular formula is C12H11N3O3. The number of pyridine rings is 1. The van der Waals surface area contributed by atoms with Crippen molar-refractivity contribution in [2.75, 3.05) is 5.32 Å². The van der Waals surface area contributed by atoms with Gasteiger partial charge >= 0.3 is 0 Å². The summed E-state index contributed by atoms with van der Waals surface area (Å²) in [6, 6.07) is 9.55.